The van der Waals surface area contributed by atoms with E-state index in [2.05, 4.69) is 41.0 Å². The minimum absolute atomic E-state index is 0.0153. The summed E-state index contributed by atoms with van der Waals surface area (Å²) in [6, 6.07) is 9.84. The highest BCUT2D eigenvalue weighted by Crippen LogP contribution is 2.31. The van der Waals surface area contributed by atoms with Gasteiger partial charge in [0.2, 0.25) is 5.91 Å². The fourth-order valence-corrected chi connectivity index (χ4v) is 8.03. The summed E-state index contributed by atoms with van der Waals surface area (Å²) >= 11 is 6.97. The first-order chi connectivity index (χ1) is 20.4. The zero-order chi connectivity index (χ0) is 30.9. The maximum Gasteiger partial charge on any atom is 0.339 e. The molecular weight excluding hydrogens is 612 g/mol. The van der Waals surface area contributed by atoms with E-state index in [0.717, 1.165) is 23.3 Å². The molecule has 1 aliphatic rings. The van der Waals surface area contributed by atoms with Gasteiger partial charge in [0, 0.05) is 32.4 Å². The number of fused-ring (bicyclic) bond motifs is 1. The van der Waals surface area contributed by atoms with Crippen LogP contribution in [0.3, 0.4) is 0 Å². The monoisotopic (exact) mass is 642 g/mol. The number of halogens is 1. The smallest absolute Gasteiger partial charge is 0.339 e. The number of carbonyl (C=O) groups is 2. The van der Waals surface area contributed by atoms with E-state index in [9.17, 15) is 23.1 Å². The number of pyridine rings is 1. The third-order valence-corrected chi connectivity index (χ3v) is 11.4. The molecule has 0 spiro atoms. The minimum atomic E-state index is -4.04. The molecule has 1 aromatic carbocycles. The summed E-state index contributed by atoms with van der Waals surface area (Å²) in [5.74, 6) is -1.35. The lowest BCUT2D eigenvalue weighted by Crippen LogP contribution is -2.60. The van der Waals surface area contributed by atoms with Gasteiger partial charge in [-0.15, -0.1) is 11.3 Å². The summed E-state index contributed by atoms with van der Waals surface area (Å²) < 4.78 is 28.9. The highest BCUT2D eigenvalue weighted by atomic mass is 35.5. The molecule has 1 saturated heterocycles. The van der Waals surface area contributed by atoms with E-state index in [1.165, 1.54) is 40.6 Å². The first-order valence-electron chi connectivity index (χ1n) is 13.6. The first-order valence-corrected chi connectivity index (χ1v) is 16.3. The molecule has 0 aliphatic carbocycles. The number of hydrogen-bond acceptors (Lipinski definition) is 9. The number of carboxylic acids is 1. The van der Waals surface area contributed by atoms with Gasteiger partial charge in [-0.1, -0.05) is 56.6 Å². The number of thiophene rings is 1. The van der Waals surface area contributed by atoms with Crippen molar-refractivity contribution in [2.75, 3.05) is 24.5 Å². The van der Waals surface area contributed by atoms with Gasteiger partial charge in [-0.05, 0) is 35.1 Å². The normalized spacial score (nSPS) is 16.4. The lowest BCUT2D eigenvalue weighted by molar-refractivity contribution is -0.125. The lowest BCUT2D eigenvalue weighted by Gasteiger charge is -2.39. The number of amides is 1. The predicted octanol–water partition coefficient (Wildman–Crippen LogP) is 4.32. The maximum atomic E-state index is 13.7. The molecule has 4 aromatic rings. The summed E-state index contributed by atoms with van der Waals surface area (Å²) in [7, 11) is -4.04. The van der Waals surface area contributed by atoms with Crippen LogP contribution in [0.4, 0.5) is 5.82 Å². The second-order valence-corrected chi connectivity index (χ2v) is 14.7. The molecule has 4 heterocycles. The van der Waals surface area contributed by atoms with Gasteiger partial charge < -0.3 is 15.3 Å². The average molecular weight is 643 g/mol. The highest BCUT2D eigenvalue weighted by Gasteiger charge is 2.41. The molecule has 0 saturated carbocycles. The first kappa shape index (κ1) is 30.8. The third kappa shape index (κ3) is 6.35. The Labute approximate surface area is 258 Å². The minimum Gasteiger partial charge on any atom is -0.478 e. The number of carbonyl (C=O) groups excluding carboxylic acids is 1. The molecule has 226 valence electrons. The summed E-state index contributed by atoms with van der Waals surface area (Å²) in [6.45, 7) is 6.86. The fraction of sp³-hybridized carbons (Fsp3) is 0.345. The van der Waals surface area contributed by atoms with Crippen LogP contribution in [0.2, 0.25) is 4.34 Å². The van der Waals surface area contributed by atoms with E-state index in [1.54, 1.807) is 4.90 Å². The van der Waals surface area contributed by atoms with Crippen LogP contribution in [0.5, 0.6) is 0 Å². The standard InChI is InChI=1S/C29H31ClN6O5S2/c1-4-29(2,3)19-7-5-18(6-8-19)13-33-27(37)22-17-35(11-12-36(22)43(40,41)25-10-9-23(30)42-25)24-16-32-21-15-31-14-20(28(38)39)26(21)34-24/h5-10,14-16,22H,4,11-13,17H2,1-3H3,(H,33,37)(H,38,39)/t22-/m1/s1. The Kier molecular flexibility index (Phi) is 8.70. The Balaban J connectivity index is 1.42. The molecule has 0 unspecified atom stereocenters. The zero-order valence-corrected chi connectivity index (χ0v) is 26.2. The Morgan fingerprint density at radius 3 is 2.51 bits per heavy atom. The van der Waals surface area contributed by atoms with Crippen LogP contribution in [0.25, 0.3) is 11.0 Å². The fourth-order valence-electron chi connectivity index (χ4n) is 4.85. The van der Waals surface area contributed by atoms with Crippen LogP contribution in [0.1, 0.15) is 48.7 Å². The van der Waals surface area contributed by atoms with Gasteiger partial charge in [0.1, 0.15) is 32.7 Å². The van der Waals surface area contributed by atoms with Crippen LogP contribution >= 0.6 is 22.9 Å². The van der Waals surface area contributed by atoms with Gasteiger partial charge in [-0.2, -0.15) is 4.31 Å². The summed E-state index contributed by atoms with van der Waals surface area (Å²) in [6.07, 6.45) is 5.07. The van der Waals surface area contributed by atoms with E-state index in [-0.39, 0.29) is 46.9 Å². The van der Waals surface area contributed by atoms with Crippen LogP contribution in [0.15, 0.2) is 59.2 Å². The number of sulfonamides is 1. The number of benzene rings is 1. The van der Waals surface area contributed by atoms with Crippen LogP contribution in [-0.2, 0) is 26.8 Å². The van der Waals surface area contributed by atoms with Crippen molar-refractivity contribution in [1.29, 1.82) is 0 Å². The van der Waals surface area contributed by atoms with E-state index < -0.39 is 27.9 Å². The van der Waals surface area contributed by atoms with E-state index in [1.807, 2.05) is 24.3 Å². The van der Waals surface area contributed by atoms with Crippen molar-refractivity contribution in [1.82, 2.24) is 24.6 Å². The Bertz CT molecular complexity index is 1780. The molecule has 5 rings (SSSR count). The molecule has 3 aromatic heterocycles. The largest absolute Gasteiger partial charge is 0.478 e. The predicted molar refractivity (Wildman–Crippen MR) is 165 cm³/mol. The number of nitrogens with one attached hydrogen (secondary N) is 1. The Morgan fingerprint density at radius 1 is 1.12 bits per heavy atom. The van der Waals surface area contributed by atoms with E-state index >= 15 is 0 Å². The number of aromatic carboxylic acids is 1. The highest BCUT2D eigenvalue weighted by molar-refractivity contribution is 7.91. The quantitative estimate of drug-likeness (QED) is 0.272. The summed E-state index contributed by atoms with van der Waals surface area (Å²) in [5.41, 5.74) is 2.45. The molecule has 0 radical (unpaired) electrons. The number of aromatic nitrogens is 3. The van der Waals surface area contributed by atoms with Gasteiger partial charge in [0.25, 0.3) is 10.0 Å². The summed E-state index contributed by atoms with van der Waals surface area (Å²) in [5, 5.41) is 12.5. The molecule has 1 atom stereocenters. The number of carboxylic acid groups (broad SMARTS) is 1. The van der Waals surface area contributed by atoms with Crippen LogP contribution in [-0.4, -0.2) is 70.3 Å². The van der Waals surface area contributed by atoms with Crippen molar-refractivity contribution in [3.05, 3.63) is 76.0 Å². The molecule has 1 fully saturated rings. The van der Waals surface area contributed by atoms with Gasteiger partial charge >= 0.3 is 5.97 Å². The molecule has 43 heavy (non-hydrogen) atoms. The molecular formula is C29H31ClN6O5S2. The SMILES string of the molecule is CCC(C)(C)c1ccc(CNC(=O)[C@H]2CN(c3cnc4cncc(C(=O)O)c4n3)CCN2S(=O)(=O)c2ccc(Cl)s2)cc1. The van der Waals surface area contributed by atoms with Crippen molar-refractivity contribution < 1.29 is 23.1 Å². The van der Waals surface area contributed by atoms with Gasteiger partial charge in [-0.3, -0.25) is 9.78 Å². The number of anilines is 1. The molecule has 11 nitrogen and oxygen atoms in total. The Hall–Kier alpha value is -3.65. The number of piperazine rings is 1. The van der Waals surface area contributed by atoms with Crippen molar-refractivity contribution in [3.63, 3.8) is 0 Å². The second-order valence-electron chi connectivity index (χ2n) is 10.9. The number of nitrogens with zero attached hydrogens (tertiary/aromatic N) is 5. The number of hydrogen-bond donors (Lipinski definition) is 2. The topological polar surface area (TPSA) is 146 Å². The number of rotatable bonds is 9. The van der Waals surface area contributed by atoms with Gasteiger partial charge in [0.05, 0.1) is 16.7 Å². The van der Waals surface area contributed by atoms with Crippen LogP contribution < -0.4 is 10.2 Å². The van der Waals surface area contributed by atoms with Crippen molar-refractivity contribution in [3.8, 4) is 0 Å². The van der Waals surface area contributed by atoms with Crippen LogP contribution in [0, 0.1) is 0 Å². The van der Waals surface area contributed by atoms with Crippen molar-refractivity contribution >= 4 is 61.7 Å². The van der Waals surface area contributed by atoms with Gasteiger partial charge in [0.15, 0.2) is 0 Å². The maximum absolute atomic E-state index is 13.7. The molecule has 0 bridgehead atoms. The zero-order valence-electron chi connectivity index (χ0n) is 23.8. The lowest BCUT2D eigenvalue weighted by atomic mass is 9.82. The Morgan fingerprint density at radius 2 is 1.86 bits per heavy atom. The second kappa shape index (κ2) is 12.2. The van der Waals surface area contributed by atoms with E-state index in [0.29, 0.717) is 15.7 Å². The molecule has 14 heteroatoms. The molecule has 1 amide bonds. The third-order valence-electron chi connectivity index (χ3n) is 7.83. The summed E-state index contributed by atoms with van der Waals surface area (Å²) in [4.78, 5) is 39.9. The van der Waals surface area contributed by atoms with Gasteiger partial charge in [-0.25, -0.2) is 23.2 Å². The molecule has 2 N–H and O–H groups in total. The van der Waals surface area contributed by atoms with E-state index in [4.69, 9.17) is 11.6 Å². The van der Waals surface area contributed by atoms with Crippen molar-refractivity contribution in [2.24, 2.45) is 0 Å². The average Bonchev–Trinajstić information content (AvgIpc) is 3.46. The molecule has 1 aliphatic heterocycles. The van der Waals surface area contributed by atoms with Crippen molar-refractivity contribution in [2.45, 2.75) is 49.4 Å².